The lowest BCUT2D eigenvalue weighted by Crippen LogP contribution is -2.52. The zero-order valence-electron chi connectivity index (χ0n) is 23.6. The molecule has 0 heterocycles. The van der Waals surface area contributed by atoms with Gasteiger partial charge in [-0.2, -0.15) is 0 Å². The molecule has 0 saturated carbocycles. The summed E-state index contributed by atoms with van der Waals surface area (Å²) >= 11 is 18.5. The van der Waals surface area contributed by atoms with Crippen LogP contribution < -0.4 is 9.62 Å². The molecule has 0 spiro atoms. The second kappa shape index (κ2) is 13.9. The molecule has 2 atom stereocenters. The van der Waals surface area contributed by atoms with Crippen LogP contribution in [0.4, 0.5) is 5.69 Å². The minimum atomic E-state index is -4.20. The van der Waals surface area contributed by atoms with E-state index in [-0.39, 0.29) is 23.4 Å². The lowest BCUT2D eigenvalue weighted by Gasteiger charge is -2.32. The smallest absolute Gasteiger partial charge is 0.264 e. The Kier molecular flexibility index (Phi) is 11.1. The molecule has 3 aromatic carbocycles. The number of nitrogens with one attached hydrogen (secondary N) is 1. The number of amides is 2. The first kappa shape index (κ1) is 32.7. The molecule has 0 unspecified atom stereocenters. The van der Waals surface area contributed by atoms with Crippen LogP contribution in [0.1, 0.15) is 43.9 Å². The molecule has 0 aliphatic rings. The molecule has 0 aliphatic heterocycles. The summed E-state index contributed by atoms with van der Waals surface area (Å²) in [5.41, 5.74) is 2.71. The normalized spacial score (nSPS) is 12.9. The van der Waals surface area contributed by atoms with Gasteiger partial charge in [-0.05, 0) is 99.3 Å². The predicted molar refractivity (Wildman–Crippen MR) is 166 cm³/mol. The Morgan fingerprint density at radius 3 is 2.10 bits per heavy atom. The number of benzene rings is 3. The van der Waals surface area contributed by atoms with Crippen LogP contribution in [-0.4, -0.2) is 43.8 Å². The van der Waals surface area contributed by atoms with E-state index in [1.165, 1.54) is 29.2 Å². The van der Waals surface area contributed by atoms with Crippen LogP contribution in [0.2, 0.25) is 15.1 Å². The third-order valence-corrected chi connectivity index (χ3v) is 9.61. The summed E-state index contributed by atoms with van der Waals surface area (Å²) in [6.07, 6.45) is 0.704. The minimum Gasteiger partial charge on any atom is -0.352 e. The number of hydrogen-bond acceptors (Lipinski definition) is 4. The fraction of sp³-hybridized carbons (Fsp3) is 0.333. The largest absolute Gasteiger partial charge is 0.352 e. The van der Waals surface area contributed by atoms with Gasteiger partial charge in [0.1, 0.15) is 12.6 Å². The monoisotopic (exact) mass is 637 g/mol. The van der Waals surface area contributed by atoms with Gasteiger partial charge in [0.25, 0.3) is 10.0 Å². The van der Waals surface area contributed by atoms with Gasteiger partial charge in [0.05, 0.1) is 10.6 Å². The molecule has 2 amide bonds. The molecular formula is C30H34Cl3N3O4S. The second-order valence-electron chi connectivity index (χ2n) is 9.99. The lowest BCUT2D eigenvalue weighted by molar-refractivity contribution is -0.139. The second-order valence-corrected chi connectivity index (χ2v) is 13.1. The topological polar surface area (TPSA) is 86.8 Å². The highest BCUT2D eigenvalue weighted by molar-refractivity contribution is 7.92. The first-order valence-corrected chi connectivity index (χ1v) is 15.7. The van der Waals surface area contributed by atoms with E-state index in [0.29, 0.717) is 32.7 Å². The molecule has 0 saturated heterocycles. The fourth-order valence-corrected chi connectivity index (χ4v) is 6.03. The van der Waals surface area contributed by atoms with E-state index in [2.05, 4.69) is 5.32 Å². The van der Waals surface area contributed by atoms with Crippen molar-refractivity contribution >= 4 is 62.3 Å². The first-order chi connectivity index (χ1) is 19.2. The van der Waals surface area contributed by atoms with Gasteiger partial charge in [-0.1, -0.05) is 53.9 Å². The average molecular weight is 639 g/mol. The van der Waals surface area contributed by atoms with Gasteiger partial charge in [-0.3, -0.25) is 13.9 Å². The van der Waals surface area contributed by atoms with Gasteiger partial charge in [-0.15, -0.1) is 0 Å². The summed E-state index contributed by atoms with van der Waals surface area (Å²) in [5, 5.41) is 4.03. The highest BCUT2D eigenvalue weighted by Gasteiger charge is 2.33. The summed E-state index contributed by atoms with van der Waals surface area (Å²) < 4.78 is 28.9. The molecule has 220 valence electrons. The maximum Gasteiger partial charge on any atom is 0.264 e. The van der Waals surface area contributed by atoms with Gasteiger partial charge in [0, 0.05) is 27.7 Å². The van der Waals surface area contributed by atoms with Crippen LogP contribution in [0, 0.1) is 13.8 Å². The summed E-state index contributed by atoms with van der Waals surface area (Å²) in [7, 11) is -4.20. The number of carbonyl (C=O) groups excluding carboxylic acids is 2. The lowest BCUT2D eigenvalue weighted by atomic mass is 10.1. The number of anilines is 1. The Bertz CT molecular complexity index is 1510. The zero-order chi connectivity index (χ0) is 30.5. The van der Waals surface area contributed by atoms with Crippen molar-refractivity contribution in [2.24, 2.45) is 0 Å². The number of aryl methyl sites for hydroxylation is 2. The number of nitrogens with zero attached hydrogens (tertiary/aromatic N) is 2. The quantitative estimate of drug-likeness (QED) is 0.251. The van der Waals surface area contributed by atoms with Crippen LogP contribution in [0.5, 0.6) is 0 Å². The average Bonchev–Trinajstić information content (AvgIpc) is 2.92. The third kappa shape index (κ3) is 8.16. The summed E-state index contributed by atoms with van der Waals surface area (Å²) in [5.74, 6) is -0.949. The molecule has 0 aromatic heterocycles. The summed E-state index contributed by atoms with van der Waals surface area (Å²) in [6, 6.07) is 14.7. The van der Waals surface area contributed by atoms with Gasteiger partial charge in [-0.25, -0.2) is 8.42 Å². The number of carbonyl (C=O) groups is 2. The molecule has 0 aliphatic carbocycles. The van der Waals surface area contributed by atoms with Gasteiger partial charge >= 0.3 is 0 Å². The van der Waals surface area contributed by atoms with Crippen LogP contribution >= 0.6 is 34.8 Å². The molecule has 0 radical (unpaired) electrons. The number of halogens is 3. The fourth-order valence-electron chi connectivity index (χ4n) is 4.02. The molecule has 0 fully saturated rings. The molecule has 3 aromatic rings. The molecule has 3 rings (SSSR count). The SMILES string of the molecule is CC[C@@H](C)NC(=O)[C@H](C)N(Cc1ccc(Cl)cc1Cl)C(=O)CN(c1ccc(C)c(C)c1)S(=O)(=O)c1ccc(Cl)cc1. The van der Waals surface area contributed by atoms with Crippen LogP contribution in [-0.2, 0) is 26.2 Å². The maximum atomic E-state index is 14.0. The van der Waals surface area contributed by atoms with Gasteiger partial charge in [0.2, 0.25) is 11.8 Å². The van der Waals surface area contributed by atoms with Crippen molar-refractivity contribution in [3.8, 4) is 0 Å². The van der Waals surface area contributed by atoms with Crippen molar-refractivity contribution in [3.05, 3.63) is 92.4 Å². The van der Waals surface area contributed by atoms with Crippen LogP contribution in [0.25, 0.3) is 0 Å². The number of sulfonamides is 1. The zero-order valence-corrected chi connectivity index (χ0v) is 26.7. The number of hydrogen-bond donors (Lipinski definition) is 1. The van der Waals surface area contributed by atoms with E-state index in [1.54, 1.807) is 43.3 Å². The highest BCUT2D eigenvalue weighted by atomic mass is 35.5. The molecule has 7 nitrogen and oxygen atoms in total. The van der Waals surface area contributed by atoms with E-state index in [4.69, 9.17) is 34.8 Å². The van der Waals surface area contributed by atoms with Crippen LogP contribution in [0.3, 0.4) is 0 Å². The molecule has 0 bridgehead atoms. The highest BCUT2D eigenvalue weighted by Crippen LogP contribution is 2.28. The van der Waals surface area contributed by atoms with E-state index in [1.807, 2.05) is 27.7 Å². The Morgan fingerprint density at radius 2 is 1.51 bits per heavy atom. The van der Waals surface area contributed by atoms with E-state index in [0.717, 1.165) is 15.4 Å². The van der Waals surface area contributed by atoms with E-state index >= 15 is 0 Å². The number of rotatable bonds is 11. The molecule has 11 heteroatoms. The minimum absolute atomic E-state index is 0.0252. The Morgan fingerprint density at radius 1 is 0.878 bits per heavy atom. The van der Waals surface area contributed by atoms with Gasteiger partial charge < -0.3 is 10.2 Å². The predicted octanol–water partition coefficient (Wildman–Crippen LogP) is 6.79. The van der Waals surface area contributed by atoms with Crippen molar-refractivity contribution in [2.75, 3.05) is 10.8 Å². The summed E-state index contributed by atoms with van der Waals surface area (Å²) in [6.45, 7) is 8.60. The third-order valence-electron chi connectivity index (χ3n) is 6.98. The first-order valence-electron chi connectivity index (χ1n) is 13.1. The summed E-state index contributed by atoms with van der Waals surface area (Å²) in [4.78, 5) is 28.5. The van der Waals surface area contributed by atoms with Crippen molar-refractivity contribution < 1.29 is 18.0 Å². The molecule has 41 heavy (non-hydrogen) atoms. The van der Waals surface area contributed by atoms with Crippen molar-refractivity contribution in [2.45, 2.75) is 64.6 Å². The van der Waals surface area contributed by atoms with Crippen molar-refractivity contribution in [1.29, 1.82) is 0 Å². The Labute approximate surface area is 257 Å². The van der Waals surface area contributed by atoms with Crippen molar-refractivity contribution in [1.82, 2.24) is 10.2 Å². The van der Waals surface area contributed by atoms with Crippen molar-refractivity contribution in [3.63, 3.8) is 0 Å². The van der Waals surface area contributed by atoms with E-state index in [9.17, 15) is 18.0 Å². The Balaban J connectivity index is 2.07. The molecule has 1 N–H and O–H groups in total. The standard InChI is InChI=1S/C30H34Cl3N3O4S/c1-6-21(4)34-30(38)22(5)35(17-23-8-9-25(32)16-28(23)33)29(37)18-36(26-12-7-19(2)20(3)15-26)41(39,40)27-13-10-24(31)11-14-27/h7-16,21-22H,6,17-18H2,1-5H3,(H,34,38)/t21-,22+/m1/s1. The molecular weight excluding hydrogens is 605 g/mol. The van der Waals surface area contributed by atoms with E-state index < -0.39 is 28.5 Å². The van der Waals surface area contributed by atoms with Crippen LogP contribution in [0.15, 0.2) is 65.6 Å². The maximum absolute atomic E-state index is 14.0. The Hall–Kier alpha value is -2.78. The van der Waals surface area contributed by atoms with Gasteiger partial charge in [0.15, 0.2) is 0 Å².